The second-order valence-corrected chi connectivity index (χ2v) is 7.91. The zero-order valence-electron chi connectivity index (χ0n) is 18.6. The minimum absolute atomic E-state index is 0.0496. The van der Waals surface area contributed by atoms with E-state index in [1.807, 2.05) is 0 Å². The molecule has 0 aromatic heterocycles. The minimum Gasteiger partial charge on any atom is -0.393 e. The van der Waals surface area contributed by atoms with E-state index in [4.69, 9.17) is 15.6 Å². The van der Waals surface area contributed by atoms with Crippen LogP contribution < -0.4 is 16.0 Å². The molecule has 2 heterocycles. The highest BCUT2D eigenvalue weighted by Crippen LogP contribution is 2.24. The molecule has 0 saturated carbocycles. The highest BCUT2D eigenvalue weighted by atomic mass is 19.1. The maximum Gasteiger partial charge on any atom is 0.219 e. The summed E-state index contributed by atoms with van der Waals surface area (Å²) in [6.07, 6.45) is 5.17. The zero-order chi connectivity index (χ0) is 23.1. The number of rotatable bonds is 7. The topological polar surface area (TPSA) is 113 Å². The Balaban J connectivity index is 1.82. The summed E-state index contributed by atoms with van der Waals surface area (Å²) in [7, 11) is 1.71. The lowest BCUT2D eigenvalue weighted by molar-refractivity contribution is -0.128. The Kier molecular flexibility index (Phi) is 7.99. The number of halogens is 1. The van der Waals surface area contributed by atoms with Gasteiger partial charge in [-0.25, -0.2) is 4.39 Å². The van der Waals surface area contributed by atoms with Crippen LogP contribution in [0.4, 0.5) is 10.1 Å². The number of hydrogen-bond acceptors (Lipinski definition) is 6. The number of nitrogens with one attached hydrogen (secondary N) is 5. The third kappa shape index (κ3) is 5.73. The van der Waals surface area contributed by atoms with Crippen molar-refractivity contribution in [2.24, 2.45) is 0 Å². The molecule has 2 aliphatic heterocycles. The van der Waals surface area contributed by atoms with Gasteiger partial charge in [-0.05, 0) is 30.5 Å². The Morgan fingerprint density at radius 1 is 1.31 bits per heavy atom. The summed E-state index contributed by atoms with van der Waals surface area (Å²) in [5.74, 6) is -0.503. The number of anilines is 1. The van der Waals surface area contributed by atoms with Crippen LogP contribution in [0.1, 0.15) is 31.7 Å². The summed E-state index contributed by atoms with van der Waals surface area (Å²) >= 11 is 0. The van der Waals surface area contributed by atoms with Crippen LogP contribution >= 0.6 is 0 Å². The summed E-state index contributed by atoms with van der Waals surface area (Å²) in [4.78, 5) is 13.6. The van der Waals surface area contributed by atoms with Gasteiger partial charge < -0.3 is 31.0 Å². The van der Waals surface area contributed by atoms with E-state index in [-0.39, 0.29) is 23.5 Å². The molecule has 8 nitrogen and oxygen atoms in total. The van der Waals surface area contributed by atoms with Crippen LogP contribution in [0.2, 0.25) is 0 Å². The molecule has 1 fully saturated rings. The molecule has 3 rings (SSSR count). The van der Waals surface area contributed by atoms with E-state index < -0.39 is 5.82 Å². The van der Waals surface area contributed by atoms with Crippen LogP contribution in [0, 0.1) is 16.6 Å². The molecule has 0 radical (unpaired) electrons. The lowest BCUT2D eigenvalue weighted by Gasteiger charge is -2.34. The number of ether oxygens (including phenoxy) is 1. The number of hydrogen-bond donors (Lipinski definition) is 5. The average Bonchev–Trinajstić information content (AvgIpc) is 2.79. The lowest BCUT2D eigenvalue weighted by Crippen LogP contribution is -2.43. The van der Waals surface area contributed by atoms with Gasteiger partial charge in [0.15, 0.2) is 0 Å². The maximum absolute atomic E-state index is 14.8. The van der Waals surface area contributed by atoms with E-state index in [1.165, 1.54) is 13.0 Å². The van der Waals surface area contributed by atoms with Crippen LogP contribution in [0.5, 0.6) is 0 Å². The molecule has 1 aromatic rings. The number of nitrogens with zero attached hydrogens (tertiary/aromatic N) is 1. The molecule has 5 N–H and O–H groups in total. The van der Waals surface area contributed by atoms with Crippen molar-refractivity contribution in [2.75, 3.05) is 38.7 Å². The first-order chi connectivity index (χ1) is 15.4. The normalized spacial score (nSPS) is 17.7. The molecule has 0 atom stereocenters. The van der Waals surface area contributed by atoms with Gasteiger partial charge in [0, 0.05) is 75.5 Å². The van der Waals surface area contributed by atoms with Crippen molar-refractivity contribution >= 4 is 29.2 Å². The Bertz CT molecular complexity index is 936. The molecule has 32 heavy (non-hydrogen) atoms. The minimum atomic E-state index is -0.519. The van der Waals surface area contributed by atoms with Gasteiger partial charge in [-0.2, -0.15) is 0 Å². The second-order valence-electron chi connectivity index (χ2n) is 7.91. The van der Waals surface area contributed by atoms with Crippen molar-refractivity contribution in [3.05, 3.63) is 47.0 Å². The predicted molar refractivity (Wildman–Crippen MR) is 124 cm³/mol. The summed E-state index contributed by atoms with van der Waals surface area (Å²) in [5, 5.41) is 25.4. The van der Waals surface area contributed by atoms with Crippen LogP contribution in [0.25, 0.3) is 5.57 Å². The molecule has 9 heteroatoms. The molecule has 1 saturated heterocycles. The smallest absolute Gasteiger partial charge is 0.219 e. The van der Waals surface area contributed by atoms with E-state index >= 15 is 0 Å². The standard InChI is InChI=1S/C23H31FN6O2/c1-15(31)30-8-5-21(28-18-6-9-32-10-7-18)19(14-30)23(26)29-22-4-3-16(11-20(22)24)17(12-25)13-27-2/h3-4,11-13,18,25,27-28H,5-10,14H2,1-2H3,(H2,26,29)/b17-13+,25-12?. The largest absolute Gasteiger partial charge is 0.393 e. The van der Waals surface area contributed by atoms with Crippen molar-refractivity contribution in [1.82, 2.24) is 15.5 Å². The number of carbonyl (C=O) groups excluding carboxylic acids is 1. The summed E-state index contributed by atoms with van der Waals surface area (Å²) in [6.45, 7) is 3.81. The fourth-order valence-electron chi connectivity index (χ4n) is 3.88. The summed E-state index contributed by atoms with van der Waals surface area (Å²) in [5.41, 5.74) is 2.86. The number of benzene rings is 1. The fraction of sp³-hybridized carbons (Fsp3) is 0.435. The Hall–Kier alpha value is -3.20. The van der Waals surface area contributed by atoms with Crippen LogP contribution in [0.3, 0.4) is 0 Å². The molecular formula is C23H31FN6O2. The first-order valence-electron chi connectivity index (χ1n) is 10.8. The van der Waals surface area contributed by atoms with E-state index in [2.05, 4.69) is 16.0 Å². The molecule has 0 aliphatic carbocycles. The third-order valence-electron chi connectivity index (χ3n) is 5.71. The number of amidine groups is 1. The van der Waals surface area contributed by atoms with Crippen LogP contribution in [-0.2, 0) is 9.53 Å². The molecule has 0 unspecified atom stereocenters. The quantitative estimate of drug-likeness (QED) is 0.329. The first kappa shape index (κ1) is 23.5. The lowest BCUT2D eigenvalue weighted by atomic mass is 10.0. The van der Waals surface area contributed by atoms with E-state index in [9.17, 15) is 9.18 Å². The first-order valence-corrected chi connectivity index (χ1v) is 10.8. The van der Waals surface area contributed by atoms with Crippen molar-refractivity contribution < 1.29 is 13.9 Å². The van der Waals surface area contributed by atoms with Crippen LogP contribution in [0.15, 0.2) is 35.7 Å². The highest BCUT2D eigenvalue weighted by molar-refractivity contribution is 6.09. The Morgan fingerprint density at radius 3 is 2.69 bits per heavy atom. The second kappa shape index (κ2) is 10.9. The number of amides is 1. The van der Waals surface area contributed by atoms with E-state index in [0.29, 0.717) is 49.4 Å². The highest BCUT2D eigenvalue weighted by Gasteiger charge is 2.26. The molecule has 2 aliphatic rings. The van der Waals surface area contributed by atoms with E-state index in [1.54, 1.807) is 30.3 Å². The average molecular weight is 443 g/mol. The van der Waals surface area contributed by atoms with Gasteiger partial charge >= 0.3 is 0 Å². The third-order valence-corrected chi connectivity index (χ3v) is 5.71. The number of carbonyl (C=O) groups is 1. The molecule has 0 spiro atoms. The van der Waals surface area contributed by atoms with Crippen LogP contribution in [-0.4, -0.2) is 62.3 Å². The Labute approximate surface area is 187 Å². The summed E-state index contributed by atoms with van der Waals surface area (Å²) in [6, 6.07) is 4.86. The monoisotopic (exact) mass is 442 g/mol. The zero-order valence-corrected chi connectivity index (χ0v) is 18.6. The van der Waals surface area contributed by atoms with Crippen molar-refractivity contribution in [2.45, 2.75) is 32.2 Å². The molecule has 172 valence electrons. The Morgan fingerprint density at radius 2 is 2.06 bits per heavy atom. The molecule has 1 aromatic carbocycles. The van der Waals surface area contributed by atoms with Gasteiger partial charge in [-0.3, -0.25) is 10.2 Å². The molecule has 0 bridgehead atoms. The van der Waals surface area contributed by atoms with Gasteiger partial charge in [0.25, 0.3) is 0 Å². The predicted octanol–water partition coefficient (Wildman–Crippen LogP) is 2.70. The van der Waals surface area contributed by atoms with Gasteiger partial charge in [-0.1, -0.05) is 6.07 Å². The molecular weight excluding hydrogens is 411 g/mol. The van der Waals surface area contributed by atoms with Crippen molar-refractivity contribution in [3.63, 3.8) is 0 Å². The van der Waals surface area contributed by atoms with Gasteiger partial charge in [-0.15, -0.1) is 0 Å². The SMILES string of the molecule is CN/C=C(\C=N)c1ccc(NC(=N)C2=C(NC3CCOCC3)CCN(C(C)=O)C2)c(F)c1. The van der Waals surface area contributed by atoms with Crippen molar-refractivity contribution in [3.8, 4) is 0 Å². The van der Waals surface area contributed by atoms with Crippen molar-refractivity contribution in [1.29, 1.82) is 10.8 Å². The van der Waals surface area contributed by atoms with E-state index in [0.717, 1.165) is 24.8 Å². The molecule has 1 amide bonds. The number of allylic oxidation sites excluding steroid dienone is 1. The van der Waals surface area contributed by atoms with Gasteiger partial charge in [0.05, 0.1) is 12.2 Å². The maximum atomic E-state index is 14.8. The van der Waals surface area contributed by atoms with Gasteiger partial charge in [0.1, 0.15) is 11.7 Å². The summed E-state index contributed by atoms with van der Waals surface area (Å²) < 4.78 is 20.2. The fourth-order valence-corrected chi connectivity index (χ4v) is 3.88. The van der Waals surface area contributed by atoms with Gasteiger partial charge in [0.2, 0.25) is 5.91 Å².